The number of nitrogens with zero attached hydrogens (tertiary/aromatic N) is 4. The van der Waals surface area contributed by atoms with Gasteiger partial charge in [0, 0.05) is 18.5 Å². The highest BCUT2D eigenvalue weighted by Gasteiger charge is 2.41. The van der Waals surface area contributed by atoms with Crippen molar-refractivity contribution in [3.8, 4) is 0 Å². The van der Waals surface area contributed by atoms with Crippen molar-refractivity contribution in [2.24, 2.45) is 5.92 Å². The summed E-state index contributed by atoms with van der Waals surface area (Å²) in [4.78, 5) is 6.59. The third kappa shape index (κ3) is 3.64. The molecule has 1 aromatic rings. The molecule has 0 radical (unpaired) electrons. The lowest BCUT2D eigenvalue weighted by Crippen LogP contribution is -2.55. The van der Waals surface area contributed by atoms with Gasteiger partial charge in [-0.15, -0.1) is 0 Å². The molecule has 1 aliphatic rings. The SMILES string of the molecule is CC(C)Cn1ncnc1CC(O)C1(N(C)C)CCCCC1. The smallest absolute Gasteiger partial charge is 0.138 e. The van der Waals surface area contributed by atoms with Crippen LogP contribution in [0.15, 0.2) is 6.33 Å². The van der Waals surface area contributed by atoms with Crippen molar-refractivity contribution in [1.29, 1.82) is 0 Å². The third-order valence-electron chi connectivity index (χ3n) is 4.84. The van der Waals surface area contributed by atoms with Crippen molar-refractivity contribution in [2.45, 2.75) is 70.6 Å². The minimum atomic E-state index is -0.386. The largest absolute Gasteiger partial charge is 0.391 e. The van der Waals surface area contributed by atoms with Gasteiger partial charge in [-0.2, -0.15) is 5.10 Å². The summed E-state index contributed by atoms with van der Waals surface area (Å²) in [6.45, 7) is 5.20. The number of likely N-dealkylation sites (N-methyl/N-ethyl adjacent to an activating group) is 1. The maximum atomic E-state index is 10.9. The van der Waals surface area contributed by atoms with Gasteiger partial charge in [0.15, 0.2) is 0 Å². The molecular weight excluding hydrogens is 264 g/mol. The van der Waals surface area contributed by atoms with E-state index in [2.05, 4.69) is 42.9 Å². The number of aliphatic hydroxyl groups is 1. The molecule has 0 amide bonds. The maximum absolute atomic E-state index is 10.9. The van der Waals surface area contributed by atoms with Gasteiger partial charge in [0.2, 0.25) is 0 Å². The number of hydrogen-bond donors (Lipinski definition) is 1. The molecule has 120 valence electrons. The second kappa shape index (κ2) is 6.88. The van der Waals surface area contributed by atoms with Crippen molar-refractivity contribution in [1.82, 2.24) is 19.7 Å². The Morgan fingerprint density at radius 2 is 1.95 bits per heavy atom. The Labute approximate surface area is 128 Å². The Kier molecular flexibility index (Phi) is 5.38. The van der Waals surface area contributed by atoms with Gasteiger partial charge in [-0.25, -0.2) is 9.67 Å². The first-order valence-corrected chi connectivity index (χ1v) is 8.18. The van der Waals surface area contributed by atoms with E-state index in [1.807, 2.05) is 4.68 Å². The molecule has 0 spiro atoms. The molecule has 1 heterocycles. The van der Waals surface area contributed by atoms with Gasteiger partial charge in [-0.1, -0.05) is 33.1 Å². The van der Waals surface area contributed by atoms with Crippen LogP contribution in [0.25, 0.3) is 0 Å². The summed E-state index contributed by atoms with van der Waals surface area (Å²) in [5.74, 6) is 1.43. The van der Waals surface area contributed by atoms with Crippen molar-refractivity contribution in [3.63, 3.8) is 0 Å². The van der Waals surface area contributed by atoms with E-state index in [-0.39, 0.29) is 11.6 Å². The first kappa shape index (κ1) is 16.4. The molecule has 0 bridgehead atoms. The zero-order valence-corrected chi connectivity index (χ0v) is 13.9. The molecule has 1 N–H and O–H groups in total. The van der Waals surface area contributed by atoms with E-state index in [1.54, 1.807) is 6.33 Å². The van der Waals surface area contributed by atoms with Crippen LogP contribution in [0.1, 0.15) is 51.8 Å². The van der Waals surface area contributed by atoms with E-state index in [1.165, 1.54) is 19.3 Å². The van der Waals surface area contributed by atoms with Gasteiger partial charge < -0.3 is 10.0 Å². The lowest BCUT2D eigenvalue weighted by Gasteiger charge is -2.46. The quantitative estimate of drug-likeness (QED) is 0.873. The topological polar surface area (TPSA) is 54.2 Å². The van der Waals surface area contributed by atoms with Crippen LogP contribution in [0.3, 0.4) is 0 Å². The average molecular weight is 294 g/mol. The van der Waals surface area contributed by atoms with Gasteiger partial charge in [0.05, 0.1) is 6.10 Å². The lowest BCUT2D eigenvalue weighted by atomic mass is 9.75. The molecule has 1 aliphatic carbocycles. The predicted octanol–water partition coefficient (Wildman–Crippen LogP) is 2.10. The summed E-state index contributed by atoms with van der Waals surface area (Å²) < 4.78 is 1.94. The molecule has 21 heavy (non-hydrogen) atoms. The van der Waals surface area contributed by atoms with E-state index in [0.29, 0.717) is 12.3 Å². The van der Waals surface area contributed by atoms with Crippen molar-refractivity contribution < 1.29 is 5.11 Å². The zero-order valence-electron chi connectivity index (χ0n) is 13.9. The highest BCUT2D eigenvalue weighted by molar-refractivity contribution is 5.01. The van der Waals surface area contributed by atoms with Crippen LogP contribution in [0.5, 0.6) is 0 Å². The van der Waals surface area contributed by atoms with Gasteiger partial charge >= 0.3 is 0 Å². The molecular formula is C16H30N4O. The third-order valence-corrected chi connectivity index (χ3v) is 4.84. The molecule has 2 rings (SSSR count). The summed E-state index contributed by atoms with van der Waals surface area (Å²) in [6, 6.07) is 0. The molecule has 5 nitrogen and oxygen atoms in total. The summed E-state index contributed by atoms with van der Waals surface area (Å²) in [7, 11) is 4.18. The molecule has 5 heteroatoms. The Morgan fingerprint density at radius 3 is 2.52 bits per heavy atom. The normalized spacial score (nSPS) is 20.1. The van der Waals surface area contributed by atoms with Gasteiger partial charge in [0.25, 0.3) is 0 Å². The van der Waals surface area contributed by atoms with E-state index in [9.17, 15) is 5.11 Å². The second-order valence-electron chi connectivity index (χ2n) is 7.03. The number of aliphatic hydroxyl groups excluding tert-OH is 1. The van der Waals surface area contributed by atoms with Crippen LogP contribution in [0.4, 0.5) is 0 Å². The summed E-state index contributed by atoms with van der Waals surface area (Å²) in [5.41, 5.74) is -0.104. The van der Waals surface area contributed by atoms with E-state index < -0.39 is 0 Å². The molecule has 0 aliphatic heterocycles. The van der Waals surface area contributed by atoms with Crippen molar-refractivity contribution in [2.75, 3.05) is 14.1 Å². The standard InChI is InChI=1S/C16H30N4O/c1-13(2)11-20-15(17-12-18-20)10-14(21)16(19(3)4)8-6-5-7-9-16/h12-14,21H,5-11H2,1-4H3. The predicted molar refractivity (Wildman–Crippen MR) is 84.1 cm³/mol. The highest BCUT2D eigenvalue weighted by Crippen LogP contribution is 2.36. The fourth-order valence-corrected chi connectivity index (χ4v) is 3.55. The Morgan fingerprint density at radius 1 is 1.29 bits per heavy atom. The molecule has 1 fully saturated rings. The molecule has 0 aromatic carbocycles. The van der Waals surface area contributed by atoms with Crippen molar-refractivity contribution in [3.05, 3.63) is 12.2 Å². The highest BCUT2D eigenvalue weighted by atomic mass is 16.3. The summed E-state index contributed by atoms with van der Waals surface area (Å²) >= 11 is 0. The Hall–Kier alpha value is -0.940. The van der Waals surface area contributed by atoms with Crippen LogP contribution in [0, 0.1) is 5.92 Å². The number of rotatable bonds is 6. The summed E-state index contributed by atoms with van der Waals surface area (Å²) in [5, 5.41) is 15.2. The molecule has 1 aromatic heterocycles. The van der Waals surface area contributed by atoms with Gasteiger partial charge in [-0.05, 0) is 32.9 Å². The number of hydrogen-bond acceptors (Lipinski definition) is 4. The van der Waals surface area contributed by atoms with Crippen LogP contribution in [0.2, 0.25) is 0 Å². The zero-order chi connectivity index (χ0) is 15.5. The van der Waals surface area contributed by atoms with Crippen LogP contribution >= 0.6 is 0 Å². The molecule has 0 saturated heterocycles. The second-order valence-corrected chi connectivity index (χ2v) is 7.03. The van der Waals surface area contributed by atoms with Crippen LogP contribution in [-0.4, -0.2) is 50.5 Å². The minimum absolute atomic E-state index is 0.104. The van der Waals surface area contributed by atoms with E-state index >= 15 is 0 Å². The summed E-state index contributed by atoms with van der Waals surface area (Å²) in [6.07, 6.45) is 7.63. The Bertz CT molecular complexity index is 435. The molecule has 1 saturated carbocycles. The van der Waals surface area contributed by atoms with Crippen LogP contribution < -0.4 is 0 Å². The minimum Gasteiger partial charge on any atom is -0.391 e. The molecule has 1 unspecified atom stereocenters. The Balaban J connectivity index is 2.12. The fraction of sp³-hybridized carbons (Fsp3) is 0.875. The molecule has 1 atom stereocenters. The fourth-order valence-electron chi connectivity index (χ4n) is 3.55. The first-order chi connectivity index (χ1) is 9.95. The average Bonchev–Trinajstić information content (AvgIpc) is 2.85. The van der Waals surface area contributed by atoms with Crippen molar-refractivity contribution >= 4 is 0 Å². The van der Waals surface area contributed by atoms with E-state index in [4.69, 9.17) is 0 Å². The van der Waals surface area contributed by atoms with Gasteiger partial charge in [0.1, 0.15) is 12.2 Å². The van der Waals surface area contributed by atoms with Gasteiger partial charge in [-0.3, -0.25) is 0 Å². The van der Waals surface area contributed by atoms with Crippen LogP contribution in [-0.2, 0) is 13.0 Å². The first-order valence-electron chi connectivity index (χ1n) is 8.18. The number of aromatic nitrogens is 3. The lowest BCUT2D eigenvalue weighted by molar-refractivity contribution is -0.0324. The maximum Gasteiger partial charge on any atom is 0.138 e. The monoisotopic (exact) mass is 294 g/mol. The van der Waals surface area contributed by atoms with E-state index in [0.717, 1.165) is 25.2 Å².